The van der Waals surface area contributed by atoms with E-state index in [1.54, 1.807) is 18.2 Å². The number of benzene rings is 1. The van der Waals surface area contributed by atoms with Crippen LogP contribution in [0.5, 0.6) is 0 Å². The molecule has 0 aliphatic rings. The van der Waals surface area contributed by atoms with E-state index in [-0.39, 0.29) is 0 Å². The van der Waals surface area contributed by atoms with Crippen molar-refractivity contribution in [1.29, 1.82) is 0 Å². The molecule has 0 unspecified atom stereocenters. The van der Waals surface area contributed by atoms with Crippen molar-refractivity contribution in [3.63, 3.8) is 0 Å². The van der Waals surface area contributed by atoms with E-state index in [0.717, 1.165) is 17.0 Å². The van der Waals surface area contributed by atoms with Crippen molar-refractivity contribution in [3.05, 3.63) is 42.0 Å². The Morgan fingerprint density at radius 1 is 1.06 bits per heavy atom. The van der Waals surface area contributed by atoms with Gasteiger partial charge in [-0.15, -0.1) is 11.3 Å². The van der Waals surface area contributed by atoms with Crippen molar-refractivity contribution >= 4 is 16.3 Å². The molecule has 0 atom stereocenters. The van der Waals surface area contributed by atoms with Crippen molar-refractivity contribution in [2.24, 2.45) is 0 Å². The molecule has 16 heavy (non-hydrogen) atoms. The van der Waals surface area contributed by atoms with E-state index >= 15 is 0 Å². The van der Waals surface area contributed by atoms with Gasteiger partial charge in [-0.25, -0.2) is 0 Å². The van der Waals surface area contributed by atoms with Gasteiger partial charge in [0.1, 0.15) is 0 Å². The third kappa shape index (κ3) is 2.19. The highest BCUT2D eigenvalue weighted by molar-refractivity contribution is 7.19. The molecular weight excluding hydrogens is 235 g/mol. The number of anilines is 1. The predicted molar refractivity (Wildman–Crippen MR) is 59.2 cm³/mol. The van der Waals surface area contributed by atoms with Crippen LogP contribution in [0.4, 0.5) is 18.2 Å². The molecule has 1 aromatic carbocycles. The fourth-order valence-corrected chi connectivity index (χ4v) is 2.13. The minimum absolute atomic E-state index is 0.538. The Morgan fingerprint density at radius 3 is 2.38 bits per heavy atom. The zero-order valence-electron chi connectivity index (χ0n) is 8.08. The summed E-state index contributed by atoms with van der Waals surface area (Å²) in [7, 11) is 0. The van der Waals surface area contributed by atoms with E-state index in [1.165, 1.54) is 17.4 Å². The second-order valence-corrected chi connectivity index (χ2v) is 4.40. The Kier molecular flexibility index (Phi) is 2.63. The molecule has 0 bridgehead atoms. The lowest BCUT2D eigenvalue weighted by Gasteiger charge is -2.07. The lowest BCUT2D eigenvalue weighted by Crippen LogP contribution is -2.04. The summed E-state index contributed by atoms with van der Waals surface area (Å²) in [6, 6.07) is 8.62. The molecule has 84 valence electrons. The van der Waals surface area contributed by atoms with E-state index in [4.69, 9.17) is 5.73 Å². The molecule has 0 fully saturated rings. The molecule has 0 saturated heterocycles. The van der Waals surface area contributed by atoms with Gasteiger partial charge in [0.2, 0.25) is 0 Å². The maximum atomic E-state index is 12.5. The third-order valence-electron chi connectivity index (χ3n) is 2.10. The van der Waals surface area contributed by atoms with Gasteiger partial charge < -0.3 is 5.73 Å². The summed E-state index contributed by atoms with van der Waals surface area (Å²) >= 11 is 1.27. The van der Waals surface area contributed by atoms with Gasteiger partial charge in [0.05, 0.1) is 10.6 Å². The summed E-state index contributed by atoms with van der Waals surface area (Å²) in [5.41, 5.74) is 5.43. The molecule has 1 nitrogen and oxygen atoms in total. The molecule has 0 saturated carbocycles. The van der Waals surface area contributed by atoms with E-state index in [9.17, 15) is 13.2 Å². The standard InChI is InChI=1S/C11H8F3NS/c12-11(13,14)8-3-1-2-7(6-8)9-4-5-10(15)16-9/h1-6H,15H2. The average molecular weight is 243 g/mol. The molecule has 2 rings (SSSR count). The van der Waals surface area contributed by atoms with E-state index < -0.39 is 11.7 Å². The fourth-order valence-electron chi connectivity index (χ4n) is 1.36. The largest absolute Gasteiger partial charge is 0.416 e. The molecule has 0 aliphatic heterocycles. The average Bonchev–Trinajstić information content (AvgIpc) is 2.64. The summed E-state index contributed by atoms with van der Waals surface area (Å²) in [6.07, 6.45) is -4.31. The molecule has 0 radical (unpaired) electrons. The van der Waals surface area contributed by atoms with E-state index in [0.29, 0.717) is 10.6 Å². The Balaban J connectivity index is 2.44. The first-order valence-corrected chi connectivity index (χ1v) is 5.31. The molecule has 0 spiro atoms. The lowest BCUT2D eigenvalue weighted by atomic mass is 10.1. The van der Waals surface area contributed by atoms with Gasteiger partial charge in [0.25, 0.3) is 0 Å². The van der Waals surface area contributed by atoms with Crippen molar-refractivity contribution < 1.29 is 13.2 Å². The van der Waals surface area contributed by atoms with E-state index in [2.05, 4.69) is 0 Å². The number of hydrogen-bond acceptors (Lipinski definition) is 2. The fraction of sp³-hybridized carbons (Fsp3) is 0.0909. The molecule has 5 heteroatoms. The highest BCUT2D eigenvalue weighted by Gasteiger charge is 2.30. The van der Waals surface area contributed by atoms with Gasteiger partial charge in [-0.05, 0) is 29.8 Å². The number of nitrogen functional groups attached to an aromatic ring is 1. The number of halogens is 3. The summed E-state index contributed by atoms with van der Waals surface area (Å²) in [4.78, 5) is 0.739. The number of thiophene rings is 1. The monoisotopic (exact) mass is 243 g/mol. The van der Waals surface area contributed by atoms with Crippen molar-refractivity contribution in [2.45, 2.75) is 6.18 Å². The zero-order valence-corrected chi connectivity index (χ0v) is 8.90. The van der Waals surface area contributed by atoms with Crippen LogP contribution in [0.2, 0.25) is 0 Å². The predicted octanol–water partition coefficient (Wildman–Crippen LogP) is 4.02. The van der Waals surface area contributed by atoms with Crippen molar-refractivity contribution in [2.75, 3.05) is 5.73 Å². The molecule has 2 N–H and O–H groups in total. The quantitative estimate of drug-likeness (QED) is 0.804. The number of rotatable bonds is 1. The van der Waals surface area contributed by atoms with Gasteiger partial charge >= 0.3 is 6.18 Å². The van der Waals surface area contributed by atoms with Crippen LogP contribution in [0.15, 0.2) is 36.4 Å². The Morgan fingerprint density at radius 2 is 1.81 bits per heavy atom. The van der Waals surface area contributed by atoms with Gasteiger partial charge in [0, 0.05) is 4.88 Å². The van der Waals surface area contributed by atoms with E-state index in [1.807, 2.05) is 0 Å². The molecule has 1 heterocycles. The molecule has 1 aromatic heterocycles. The van der Waals surface area contributed by atoms with Crippen LogP contribution < -0.4 is 5.73 Å². The van der Waals surface area contributed by atoms with Crippen molar-refractivity contribution in [1.82, 2.24) is 0 Å². The first-order chi connectivity index (χ1) is 7.47. The number of nitrogens with two attached hydrogens (primary N) is 1. The number of alkyl halides is 3. The zero-order chi connectivity index (χ0) is 11.8. The molecule has 2 aromatic rings. The summed E-state index contributed by atoms with van der Waals surface area (Å²) in [6.45, 7) is 0. The van der Waals surface area contributed by atoms with Gasteiger partial charge in [-0.2, -0.15) is 13.2 Å². The molecular formula is C11H8F3NS. The maximum Gasteiger partial charge on any atom is 0.416 e. The summed E-state index contributed by atoms with van der Waals surface area (Å²) in [5.74, 6) is 0. The minimum Gasteiger partial charge on any atom is -0.391 e. The second-order valence-electron chi connectivity index (χ2n) is 3.28. The molecule has 0 amide bonds. The highest BCUT2D eigenvalue weighted by Crippen LogP contribution is 2.34. The Labute approximate surface area is 94.3 Å². The van der Waals surface area contributed by atoms with Crippen LogP contribution in [0.3, 0.4) is 0 Å². The van der Waals surface area contributed by atoms with Crippen molar-refractivity contribution in [3.8, 4) is 10.4 Å². The smallest absolute Gasteiger partial charge is 0.391 e. The number of hydrogen-bond donors (Lipinski definition) is 1. The maximum absolute atomic E-state index is 12.5. The first-order valence-electron chi connectivity index (χ1n) is 4.50. The van der Waals surface area contributed by atoms with Crippen LogP contribution in [-0.4, -0.2) is 0 Å². The SMILES string of the molecule is Nc1ccc(-c2cccc(C(F)(F)F)c2)s1. The second kappa shape index (κ2) is 3.83. The minimum atomic E-state index is -4.31. The third-order valence-corrected chi connectivity index (χ3v) is 3.06. The van der Waals surface area contributed by atoms with Crippen LogP contribution in [0.25, 0.3) is 10.4 Å². The van der Waals surface area contributed by atoms with Gasteiger partial charge in [-0.3, -0.25) is 0 Å². The highest BCUT2D eigenvalue weighted by atomic mass is 32.1. The Hall–Kier alpha value is -1.49. The van der Waals surface area contributed by atoms with Crippen LogP contribution in [-0.2, 0) is 6.18 Å². The molecule has 0 aliphatic carbocycles. The lowest BCUT2D eigenvalue weighted by molar-refractivity contribution is -0.137. The normalized spacial score (nSPS) is 11.7. The summed E-state index contributed by atoms with van der Waals surface area (Å²) in [5, 5.41) is 0.590. The van der Waals surface area contributed by atoms with Gasteiger partial charge in [0.15, 0.2) is 0 Å². The van der Waals surface area contributed by atoms with Crippen LogP contribution in [0.1, 0.15) is 5.56 Å². The Bertz CT molecular complexity index is 502. The topological polar surface area (TPSA) is 26.0 Å². The first kappa shape index (κ1) is 11.0. The van der Waals surface area contributed by atoms with Crippen LogP contribution >= 0.6 is 11.3 Å². The van der Waals surface area contributed by atoms with Gasteiger partial charge in [-0.1, -0.05) is 12.1 Å². The van der Waals surface area contributed by atoms with Crippen LogP contribution in [0, 0.1) is 0 Å². The summed E-state index contributed by atoms with van der Waals surface area (Å²) < 4.78 is 37.4.